The van der Waals surface area contributed by atoms with Crippen molar-refractivity contribution in [3.05, 3.63) is 32.2 Å². The van der Waals surface area contributed by atoms with Crippen LogP contribution in [0.4, 0.5) is 0 Å². The number of hydrogen-bond donors (Lipinski definition) is 0. The van der Waals surface area contributed by atoms with Crippen molar-refractivity contribution in [1.29, 1.82) is 0 Å². The number of nitrogens with zero attached hydrogens (tertiary/aromatic N) is 5. The first-order chi connectivity index (χ1) is 9.40. The van der Waals surface area contributed by atoms with Gasteiger partial charge in [-0.1, -0.05) is 0 Å². The Bertz CT molecular complexity index is 967. The lowest BCUT2D eigenvalue weighted by Gasteiger charge is -2.05. The van der Waals surface area contributed by atoms with Crippen molar-refractivity contribution in [1.82, 2.24) is 23.1 Å². The van der Waals surface area contributed by atoms with Crippen molar-refractivity contribution < 1.29 is 0 Å². The van der Waals surface area contributed by atoms with Gasteiger partial charge in [0.05, 0.1) is 0 Å². The molecule has 20 heavy (non-hydrogen) atoms. The Labute approximate surface area is 114 Å². The topological polar surface area (TPSA) is 66.2 Å². The quantitative estimate of drug-likeness (QED) is 0.642. The minimum atomic E-state index is -0.331. The van der Waals surface area contributed by atoms with Crippen LogP contribution in [0.2, 0.25) is 0 Å². The van der Waals surface area contributed by atoms with Gasteiger partial charge in [0.25, 0.3) is 5.56 Å². The van der Waals surface area contributed by atoms with Gasteiger partial charge in [-0.15, -0.1) is 0 Å². The first-order valence-corrected chi connectivity index (χ1v) is 6.54. The summed E-state index contributed by atoms with van der Waals surface area (Å²) in [5.74, 6) is 0.677. The third-order valence-electron chi connectivity index (χ3n) is 4.10. The maximum absolute atomic E-state index is 12.6. The molecule has 0 aliphatic carbocycles. The molecule has 0 spiro atoms. The van der Waals surface area contributed by atoms with Gasteiger partial charge in [-0.2, -0.15) is 4.98 Å². The minimum Gasteiger partial charge on any atom is -0.317 e. The van der Waals surface area contributed by atoms with Crippen molar-refractivity contribution in [2.45, 2.75) is 27.3 Å². The molecule has 0 saturated heterocycles. The first kappa shape index (κ1) is 12.7. The average Bonchev–Trinajstić information content (AvgIpc) is 2.91. The van der Waals surface area contributed by atoms with Gasteiger partial charge >= 0.3 is 5.69 Å². The summed E-state index contributed by atoms with van der Waals surface area (Å²) in [5, 5.41) is 0. The third-order valence-corrected chi connectivity index (χ3v) is 4.10. The fourth-order valence-electron chi connectivity index (χ4n) is 2.69. The lowest BCUT2D eigenvalue weighted by molar-refractivity contribution is 0.636. The van der Waals surface area contributed by atoms with Gasteiger partial charge in [0.2, 0.25) is 5.78 Å². The molecule has 3 aromatic heterocycles. The van der Waals surface area contributed by atoms with Crippen molar-refractivity contribution in [2.24, 2.45) is 14.1 Å². The van der Waals surface area contributed by atoms with Crippen molar-refractivity contribution >= 4 is 16.9 Å². The van der Waals surface area contributed by atoms with Crippen LogP contribution >= 0.6 is 0 Å². The van der Waals surface area contributed by atoms with E-state index in [1.165, 1.54) is 9.13 Å². The smallest absolute Gasteiger partial charge is 0.317 e. The molecule has 0 saturated carbocycles. The van der Waals surface area contributed by atoms with E-state index in [0.29, 0.717) is 23.5 Å². The number of aromatic nitrogens is 5. The molecule has 106 valence electrons. The normalized spacial score (nSPS) is 11.8. The number of imidazole rings is 2. The summed E-state index contributed by atoms with van der Waals surface area (Å²) < 4.78 is 6.42. The van der Waals surface area contributed by atoms with E-state index in [1.807, 2.05) is 29.9 Å². The Morgan fingerprint density at radius 3 is 2.30 bits per heavy atom. The molecule has 0 N–H and O–H groups in total. The highest BCUT2D eigenvalue weighted by atomic mass is 16.2. The summed E-state index contributed by atoms with van der Waals surface area (Å²) in [7, 11) is 3.55. The predicted molar refractivity (Wildman–Crippen MR) is 76.3 cm³/mol. The van der Waals surface area contributed by atoms with Crippen molar-refractivity contribution in [2.75, 3.05) is 0 Å². The third kappa shape index (κ3) is 1.27. The summed E-state index contributed by atoms with van der Waals surface area (Å²) in [4.78, 5) is 29.2. The van der Waals surface area contributed by atoms with Crippen LogP contribution in [0.3, 0.4) is 0 Å². The van der Waals surface area contributed by atoms with E-state index in [2.05, 4.69) is 4.98 Å². The van der Waals surface area contributed by atoms with Crippen LogP contribution in [-0.4, -0.2) is 23.1 Å². The number of fused-ring (bicyclic) bond motifs is 3. The van der Waals surface area contributed by atoms with Gasteiger partial charge in [0.1, 0.15) is 0 Å². The fraction of sp³-hybridized carbons (Fsp3) is 0.462. The van der Waals surface area contributed by atoms with Crippen LogP contribution in [0, 0.1) is 13.8 Å². The molecule has 0 aliphatic heterocycles. The van der Waals surface area contributed by atoms with E-state index in [9.17, 15) is 9.59 Å². The Hall–Kier alpha value is -2.31. The molecular formula is C13H17N5O2. The van der Waals surface area contributed by atoms with E-state index < -0.39 is 0 Å². The molecule has 0 radical (unpaired) electrons. The second-order valence-electron chi connectivity index (χ2n) is 5.04. The van der Waals surface area contributed by atoms with E-state index in [4.69, 9.17) is 0 Å². The van der Waals surface area contributed by atoms with Gasteiger partial charge in [-0.3, -0.25) is 18.3 Å². The molecule has 0 aromatic carbocycles. The zero-order valence-corrected chi connectivity index (χ0v) is 12.3. The number of rotatable bonds is 1. The highest BCUT2D eigenvalue weighted by Gasteiger charge is 2.20. The highest BCUT2D eigenvalue weighted by molar-refractivity contribution is 5.76. The Balaban J connectivity index is 2.73. The maximum Gasteiger partial charge on any atom is 0.332 e. The largest absolute Gasteiger partial charge is 0.332 e. The predicted octanol–water partition coefficient (Wildman–Crippen LogP) is 0.323. The highest BCUT2D eigenvalue weighted by Crippen LogP contribution is 2.18. The van der Waals surface area contributed by atoms with Crippen LogP contribution in [0.25, 0.3) is 16.9 Å². The Kier molecular flexibility index (Phi) is 2.44. The van der Waals surface area contributed by atoms with Gasteiger partial charge in [-0.05, 0) is 20.8 Å². The van der Waals surface area contributed by atoms with Crippen molar-refractivity contribution in [3.8, 4) is 0 Å². The average molecular weight is 275 g/mol. The van der Waals surface area contributed by atoms with Crippen LogP contribution in [0.5, 0.6) is 0 Å². The van der Waals surface area contributed by atoms with E-state index in [0.717, 1.165) is 11.4 Å². The zero-order chi connectivity index (χ0) is 14.8. The molecule has 3 aromatic rings. The maximum atomic E-state index is 12.6. The molecule has 0 atom stereocenters. The Morgan fingerprint density at radius 2 is 1.70 bits per heavy atom. The molecule has 7 nitrogen and oxygen atoms in total. The molecular weight excluding hydrogens is 258 g/mol. The molecule has 3 rings (SSSR count). The fourth-order valence-corrected chi connectivity index (χ4v) is 2.69. The Morgan fingerprint density at radius 1 is 1.05 bits per heavy atom. The monoisotopic (exact) mass is 275 g/mol. The second-order valence-corrected chi connectivity index (χ2v) is 5.04. The summed E-state index contributed by atoms with van der Waals surface area (Å²) in [5.41, 5.74) is 2.28. The molecule has 0 amide bonds. The molecule has 0 unspecified atom stereocenters. The summed E-state index contributed by atoms with van der Waals surface area (Å²) >= 11 is 0. The zero-order valence-electron chi connectivity index (χ0n) is 12.3. The molecule has 0 fully saturated rings. The SMILES string of the molecule is CCn1c(=O)c2c(nc3n(C)c(C)c(C)n23)n(C)c1=O. The lowest BCUT2D eigenvalue weighted by atomic mass is 10.3. The number of aryl methyl sites for hydroxylation is 3. The lowest BCUT2D eigenvalue weighted by Crippen LogP contribution is -2.38. The summed E-state index contributed by atoms with van der Waals surface area (Å²) in [6.45, 7) is 6.07. The molecule has 0 bridgehead atoms. The minimum absolute atomic E-state index is 0.285. The van der Waals surface area contributed by atoms with Crippen LogP contribution < -0.4 is 11.2 Å². The van der Waals surface area contributed by atoms with Crippen LogP contribution in [0.1, 0.15) is 18.3 Å². The second kappa shape index (κ2) is 3.84. The van der Waals surface area contributed by atoms with Crippen LogP contribution in [-0.2, 0) is 20.6 Å². The number of hydrogen-bond acceptors (Lipinski definition) is 3. The van der Waals surface area contributed by atoms with Gasteiger partial charge in [0.15, 0.2) is 11.2 Å². The standard InChI is InChI=1S/C13H17N5O2/c1-6-17-11(19)9-10(16(5)13(17)20)14-12-15(4)7(2)8(3)18(9)12/h6H2,1-5H3. The van der Waals surface area contributed by atoms with E-state index in [1.54, 1.807) is 14.0 Å². The first-order valence-electron chi connectivity index (χ1n) is 6.54. The van der Waals surface area contributed by atoms with E-state index in [-0.39, 0.29) is 11.2 Å². The van der Waals surface area contributed by atoms with Gasteiger partial charge in [0, 0.05) is 32.0 Å². The van der Waals surface area contributed by atoms with Crippen LogP contribution in [0.15, 0.2) is 9.59 Å². The molecule has 0 aliphatic rings. The van der Waals surface area contributed by atoms with Gasteiger partial charge < -0.3 is 4.57 Å². The molecule has 3 heterocycles. The summed E-state index contributed by atoms with van der Waals surface area (Å²) in [6, 6.07) is 0. The summed E-state index contributed by atoms with van der Waals surface area (Å²) in [6.07, 6.45) is 0. The van der Waals surface area contributed by atoms with Crippen molar-refractivity contribution in [3.63, 3.8) is 0 Å². The van der Waals surface area contributed by atoms with E-state index >= 15 is 0 Å². The van der Waals surface area contributed by atoms with Gasteiger partial charge in [-0.25, -0.2) is 4.79 Å². The molecule has 7 heteroatoms.